The van der Waals surface area contributed by atoms with Gasteiger partial charge < -0.3 is 5.32 Å². The fourth-order valence-corrected chi connectivity index (χ4v) is 3.12. The van der Waals surface area contributed by atoms with Gasteiger partial charge in [-0.15, -0.1) is 0 Å². The van der Waals surface area contributed by atoms with Crippen LogP contribution in [0.5, 0.6) is 0 Å². The van der Waals surface area contributed by atoms with E-state index in [-0.39, 0.29) is 18.3 Å². The predicted molar refractivity (Wildman–Crippen MR) is 103 cm³/mol. The number of nitrogens with one attached hydrogen (secondary N) is 1. The van der Waals surface area contributed by atoms with Crippen LogP contribution in [-0.4, -0.2) is 25.5 Å². The Morgan fingerprint density at radius 1 is 1.15 bits per heavy atom. The molecular weight excluding hydrogens is 392 g/mol. The van der Waals surface area contributed by atoms with Gasteiger partial charge in [0.25, 0.3) is 0 Å². The molecule has 0 bridgehead atoms. The van der Waals surface area contributed by atoms with Crippen molar-refractivity contribution in [1.82, 2.24) is 19.6 Å². The number of carbonyl (C=O) groups is 1. The van der Waals surface area contributed by atoms with Gasteiger partial charge in [-0.2, -0.15) is 10.2 Å². The maximum atomic E-state index is 13.2. The third-order valence-corrected chi connectivity index (χ3v) is 4.90. The summed E-state index contributed by atoms with van der Waals surface area (Å²) < 4.78 is 16.4. The lowest BCUT2D eigenvalue weighted by Gasteiger charge is -2.08. The van der Waals surface area contributed by atoms with Crippen LogP contribution in [0.4, 0.5) is 10.1 Å². The predicted octanol–water partition coefficient (Wildman–Crippen LogP) is 4.14. The first-order valence-electron chi connectivity index (χ1n) is 8.22. The summed E-state index contributed by atoms with van der Waals surface area (Å²) in [5, 5.41) is 12.3. The van der Waals surface area contributed by atoms with Crippen LogP contribution in [0, 0.1) is 26.6 Å². The molecule has 1 N–H and O–H groups in total. The quantitative estimate of drug-likeness (QED) is 0.688. The van der Waals surface area contributed by atoms with Crippen LogP contribution < -0.4 is 5.32 Å². The Balaban J connectivity index is 1.75. The van der Waals surface area contributed by atoms with Crippen LogP contribution in [0.2, 0.25) is 10.0 Å². The average Bonchev–Trinajstić information content (AvgIpc) is 3.03. The van der Waals surface area contributed by atoms with Crippen LogP contribution in [0.3, 0.4) is 0 Å². The number of hydrogen-bond acceptors (Lipinski definition) is 3. The number of anilines is 1. The molecule has 3 aromatic rings. The highest BCUT2D eigenvalue weighted by atomic mass is 35.5. The van der Waals surface area contributed by atoms with E-state index in [0.29, 0.717) is 33.7 Å². The molecule has 0 aliphatic heterocycles. The summed E-state index contributed by atoms with van der Waals surface area (Å²) in [7, 11) is 0. The highest BCUT2D eigenvalue weighted by Gasteiger charge is 2.16. The Morgan fingerprint density at radius 3 is 2.52 bits per heavy atom. The monoisotopic (exact) mass is 409 g/mol. The smallest absolute Gasteiger partial charge is 0.246 e. The molecule has 0 saturated carbocycles. The van der Waals surface area contributed by atoms with E-state index >= 15 is 0 Å². The molecule has 0 radical (unpaired) electrons. The summed E-state index contributed by atoms with van der Waals surface area (Å²) in [6.45, 7) is 5.84. The second kappa shape index (κ2) is 7.70. The maximum Gasteiger partial charge on any atom is 0.246 e. The van der Waals surface area contributed by atoms with Crippen LogP contribution in [0.15, 0.2) is 24.4 Å². The van der Waals surface area contributed by atoms with Gasteiger partial charge in [-0.1, -0.05) is 29.3 Å². The van der Waals surface area contributed by atoms with Gasteiger partial charge in [0.15, 0.2) is 0 Å². The average molecular weight is 410 g/mol. The highest BCUT2D eigenvalue weighted by molar-refractivity contribution is 6.31. The number of halogens is 3. The van der Waals surface area contributed by atoms with Crippen molar-refractivity contribution in [3.8, 4) is 0 Å². The first kappa shape index (κ1) is 19.4. The number of hydrogen-bond donors (Lipinski definition) is 1. The molecular formula is C18H18Cl2FN5O. The Morgan fingerprint density at radius 2 is 1.89 bits per heavy atom. The minimum absolute atomic E-state index is 0.0431. The molecule has 2 aromatic heterocycles. The summed E-state index contributed by atoms with van der Waals surface area (Å²) in [5.74, 6) is -0.626. The highest BCUT2D eigenvalue weighted by Crippen LogP contribution is 2.23. The molecule has 27 heavy (non-hydrogen) atoms. The summed E-state index contributed by atoms with van der Waals surface area (Å²) >= 11 is 12.1. The first-order chi connectivity index (χ1) is 12.7. The van der Waals surface area contributed by atoms with Crippen molar-refractivity contribution in [2.75, 3.05) is 5.32 Å². The van der Waals surface area contributed by atoms with Crippen LogP contribution in [0.1, 0.15) is 22.6 Å². The number of amides is 1. The van der Waals surface area contributed by atoms with Gasteiger partial charge >= 0.3 is 0 Å². The molecule has 9 heteroatoms. The van der Waals surface area contributed by atoms with Crippen molar-refractivity contribution in [1.29, 1.82) is 0 Å². The molecule has 0 aliphatic rings. The normalized spacial score (nSPS) is 11.0. The van der Waals surface area contributed by atoms with Crippen molar-refractivity contribution in [3.63, 3.8) is 0 Å². The number of rotatable bonds is 5. The summed E-state index contributed by atoms with van der Waals surface area (Å²) in [6.07, 6.45) is 1.61. The van der Waals surface area contributed by atoms with Gasteiger partial charge in [0.1, 0.15) is 12.4 Å². The summed E-state index contributed by atoms with van der Waals surface area (Å²) in [6, 6.07) is 4.24. The van der Waals surface area contributed by atoms with E-state index < -0.39 is 0 Å². The van der Waals surface area contributed by atoms with Crippen molar-refractivity contribution in [3.05, 3.63) is 62.9 Å². The lowest BCUT2D eigenvalue weighted by molar-refractivity contribution is -0.116. The van der Waals surface area contributed by atoms with Gasteiger partial charge in [0.05, 0.1) is 34.3 Å². The number of aryl methyl sites for hydroxylation is 2. The molecule has 0 spiro atoms. The van der Waals surface area contributed by atoms with Gasteiger partial charge in [0, 0.05) is 11.2 Å². The third kappa shape index (κ3) is 4.31. The van der Waals surface area contributed by atoms with E-state index in [1.165, 1.54) is 16.8 Å². The minimum atomic E-state index is -0.390. The molecule has 142 valence electrons. The zero-order valence-corrected chi connectivity index (χ0v) is 16.6. The van der Waals surface area contributed by atoms with Crippen LogP contribution in [0.25, 0.3) is 0 Å². The Labute approximate surface area is 165 Å². The van der Waals surface area contributed by atoms with E-state index in [0.717, 1.165) is 11.3 Å². The molecule has 3 rings (SSSR count). The van der Waals surface area contributed by atoms with Crippen molar-refractivity contribution >= 4 is 34.8 Å². The van der Waals surface area contributed by atoms with Gasteiger partial charge in [0.2, 0.25) is 5.91 Å². The Hall–Kier alpha value is -2.38. The minimum Gasteiger partial charge on any atom is -0.321 e. The first-order valence-corrected chi connectivity index (χ1v) is 8.97. The molecule has 0 unspecified atom stereocenters. The Kier molecular flexibility index (Phi) is 5.53. The number of carbonyl (C=O) groups excluding carboxylic acids is 1. The fourth-order valence-electron chi connectivity index (χ4n) is 2.74. The molecule has 0 fully saturated rings. The molecule has 1 aromatic carbocycles. The summed E-state index contributed by atoms with van der Waals surface area (Å²) in [5.41, 5.74) is 3.49. The van der Waals surface area contributed by atoms with E-state index in [1.54, 1.807) is 30.8 Å². The fraction of sp³-hybridized carbons (Fsp3) is 0.278. The van der Waals surface area contributed by atoms with E-state index in [1.807, 2.05) is 6.92 Å². The van der Waals surface area contributed by atoms with Crippen LogP contribution in [-0.2, 0) is 17.9 Å². The topological polar surface area (TPSA) is 64.7 Å². The largest absolute Gasteiger partial charge is 0.321 e. The molecule has 0 saturated heterocycles. The van der Waals surface area contributed by atoms with Crippen molar-refractivity contribution < 1.29 is 9.18 Å². The Bertz CT molecular complexity index is 992. The van der Waals surface area contributed by atoms with Crippen LogP contribution >= 0.6 is 23.2 Å². The maximum absolute atomic E-state index is 13.2. The number of aromatic nitrogens is 4. The van der Waals surface area contributed by atoms with Crippen molar-refractivity contribution in [2.24, 2.45) is 0 Å². The van der Waals surface area contributed by atoms with Crippen molar-refractivity contribution in [2.45, 2.75) is 33.9 Å². The zero-order chi connectivity index (χ0) is 19.7. The standard InChI is InChI=1S/C18H18Cl2FN5O/c1-10-16(20)8-25(23-10)9-17(27)22-18-11(2)24-26(12(18)3)7-13-4-5-14(21)6-15(13)19/h4-6,8H,7,9H2,1-3H3,(H,22,27). The van der Waals surface area contributed by atoms with Gasteiger partial charge in [-0.05, 0) is 38.5 Å². The van der Waals surface area contributed by atoms with E-state index in [9.17, 15) is 9.18 Å². The number of benzene rings is 1. The lowest BCUT2D eigenvalue weighted by atomic mass is 10.2. The summed E-state index contributed by atoms with van der Waals surface area (Å²) in [4.78, 5) is 12.4. The van der Waals surface area contributed by atoms with E-state index in [2.05, 4.69) is 15.5 Å². The van der Waals surface area contributed by atoms with E-state index in [4.69, 9.17) is 23.2 Å². The molecule has 0 aliphatic carbocycles. The van der Waals surface area contributed by atoms with Gasteiger partial charge in [-0.25, -0.2) is 4.39 Å². The molecule has 6 nitrogen and oxygen atoms in total. The SMILES string of the molecule is Cc1nn(CC(=O)Nc2c(C)nn(Cc3ccc(F)cc3Cl)c2C)cc1Cl. The third-order valence-electron chi connectivity index (χ3n) is 4.17. The second-order valence-electron chi connectivity index (χ2n) is 6.25. The molecule has 2 heterocycles. The lowest BCUT2D eigenvalue weighted by Crippen LogP contribution is -2.20. The number of nitrogens with zero attached hydrogens (tertiary/aromatic N) is 4. The molecule has 1 amide bonds. The zero-order valence-electron chi connectivity index (χ0n) is 15.1. The second-order valence-corrected chi connectivity index (χ2v) is 7.06. The molecule has 0 atom stereocenters. The van der Waals surface area contributed by atoms with Gasteiger partial charge in [-0.3, -0.25) is 14.2 Å².